The maximum Gasteiger partial charge on any atom is 0.134 e. The van der Waals surface area contributed by atoms with E-state index in [1.165, 1.54) is 0 Å². The summed E-state index contributed by atoms with van der Waals surface area (Å²) >= 11 is 0. The van der Waals surface area contributed by atoms with Crippen LogP contribution < -0.4 is 10.2 Å². The fraction of sp³-hybridized carbons (Fsp3) is 0.750. The topological polar surface area (TPSA) is 50.3 Å². The van der Waals surface area contributed by atoms with Gasteiger partial charge in [0.2, 0.25) is 0 Å². The van der Waals surface area contributed by atoms with Crippen LogP contribution in [0.4, 0.5) is 11.6 Å². The van der Waals surface area contributed by atoms with Crippen molar-refractivity contribution in [2.24, 2.45) is 17.8 Å². The van der Waals surface area contributed by atoms with Crippen LogP contribution in [0.2, 0.25) is 0 Å². The average Bonchev–Trinajstić information content (AvgIpc) is 2.48. The van der Waals surface area contributed by atoms with E-state index in [1.54, 1.807) is 6.33 Å². The molecule has 0 unspecified atom stereocenters. The molecule has 0 saturated carbocycles. The Bertz CT molecular complexity index is 422. The second-order valence-corrected chi connectivity index (χ2v) is 6.39. The van der Waals surface area contributed by atoms with Crippen molar-refractivity contribution in [1.29, 1.82) is 0 Å². The van der Waals surface area contributed by atoms with E-state index >= 15 is 0 Å². The van der Waals surface area contributed by atoms with Gasteiger partial charge in [0.1, 0.15) is 18.0 Å². The third-order valence-electron chi connectivity index (χ3n) is 4.22. The molecule has 1 aromatic rings. The van der Waals surface area contributed by atoms with Crippen molar-refractivity contribution < 1.29 is 4.74 Å². The number of nitrogens with one attached hydrogen (secondary N) is 1. The normalized spacial score (nSPS) is 16.0. The van der Waals surface area contributed by atoms with Crippen molar-refractivity contribution in [3.05, 3.63) is 12.4 Å². The van der Waals surface area contributed by atoms with E-state index in [1.807, 2.05) is 6.07 Å². The molecule has 118 valence electrons. The van der Waals surface area contributed by atoms with Crippen LogP contribution in [-0.4, -0.2) is 42.8 Å². The summed E-state index contributed by atoms with van der Waals surface area (Å²) < 4.78 is 5.38. The van der Waals surface area contributed by atoms with Crippen LogP contribution in [-0.2, 0) is 4.74 Å². The Morgan fingerprint density at radius 1 is 1.14 bits per heavy atom. The van der Waals surface area contributed by atoms with Gasteiger partial charge in [-0.05, 0) is 17.8 Å². The molecule has 21 heavy (non-hydrogen) atoms. The van der Waals surface area contributed by atoms with Gasteiger partial charge in [-0.2, -0.15) is 0 Å². The van der Waals surface area contributed by atoms with E-state index in [4.69, 9.17) is 4.74 Å². The maximum absolute atomic E-state index is 5.38. The monoisotopic (exact) mass is 292 g/mol. The molecule has 2 heterocycles. The molecule has 1 aliphatic rings. The molecule has 1 aromatic heterocycles. The van der Waals surface area contributed by atoms with Crippen molar-refractivity contribution in [3.8, 4) is 0 Å². The zero-order valence-corrected chi connectivity index (χ0v) is 13.7. The standard InChI is InChI=1S/C16H28N4O/c1-12(2)14(13(3)4)10-17-15-9-16(19-11-18-15)20-5-7-21-8-6-20/h9,11-14H,5-8,10H2,1-4H3,(H,17,18,19). The number of rotatable bonds is 6. The largest absolute Gasteiger partial charge is 0.378 e. The molecule has 1 aliphatic heterocycles. The lowest BCUT2D eigenvalue weighted by Crippen LogP contribution is -2.36. The summed E-state index contributed by atoms with van der Waals surface area (Å²) in [6.45, 7) is 13.4. The first kappa shape index (κ1) is 16.0. The molecule has 1 saturated heterocycles. The van der Waals surface area contributed by atoms with Crippen LogP contribution in [0.3, 0.4) is 0 Å². The lowest BCUT2D eigenvalue weighted by molar-refractivity contribution is 0.122. The second kappa shape index (κ2) is 7.59. The highest BCUT2D eigenvalue weighted by molar-refractivity contribution is 5.48. The third-order valence-corrected chi connectivity index (χ3v) is 4.22. The van der Waals surface area contributed by atoms with Crippen LogP contribution in [0, 0.1) is 17.8 Å². The first-order valence-corrected chi connectivity index (χ1v) is 7.96. The van der Waals surface area contributed by atoms with Crippen LogP contribution in [0.1, 0.15) is 27.7 Å². The molecule has 2 rings (SSSR count). The number of nitrogens with zero attached hydrogens (tertiary/aromatic N) is 3. The number of morpholine rings is 1. The van der Waals surface area contributed by atoms with Gasteiger partial charge >= 0.3 is 0 Å². The minimum atomic E-state index is 0.645. The Kier molecular flexibility index (Phi) is 5.79. The number of hydrogen-bond donors (Lipinski definition) is 1. The molecular weight excluding hydrogens is 264 g/mol. The molecule has 0 atom stereocenters. The van der Waals surface area contributed by atoms with E-state index in [9.17, 15) is 0 Å². The van der Waals surface area contributed by atoms with Crippen LogP contribution in [0.5, 0.6) is 0 Å². The fourth-order valence-corrected chi connectivity index (χ4v) is 2.87. The molecular formula is C16H28N4O. The van der Waals surface area contributed by atoms with Gasteiger partial charge in [-0.3, -0.25) is 0 Å². The van der Waals surface area contributed by atoms with Crippen molar-refractivity contribution in [2.45, 2.75) is 27.7 Å². The molecule has 0 aliphatic carbocycles. The van der Waals surface area contributed by atoms with Gasteiger partial charge in [-0.15, -0.1) is 0 Å². The van der Waals surface area contributed by atoms with Gasteiger partial charge in [0.15, 0.2) is 0 Å². The molecule has 0 radical (unpaired) electrons. The summed E-state index contributed by atoms with van der Waals surface area (Å²) in [6, 6.07) is 2.04. The lowest BCUT2D eigenvalue weighted by atomic mass is 9.85. The first-order chi connectivity index (χ1) is 10.1. The minimum absolute atomic E-state index is 0.645. The quantitative estimate of drug-likeness (QED) is 0.873. The molecule has 0 spiro atoms. The lowest BCUT2D eigenvalue weighted by Gasteiger charge is -2.28. The SMILES string of the molecule is CC(C)C(CNc1cc(N2CCOCC2)ncn1)C(C)C. The molecule has 0 bridgehead atoms. The summed E-state index contributed by atoms with van der Waals surface area (Å²) in [5.41, 5.74) is 0. The van der Waals surface area contributed by atoms with Gasteiger partial charge in [-0.1, -0.05) is 27.7 Å². The first-order valence-electron chi connectivity index (χ1n) is 7.96. The average molecular weight is 292 g/mol. The zero-order valence-electron chi connectivity index (χ0n) is 13.7. The Morgan fingerprint density at radius 2 is 1.81 bits per heavy atom. The molecule has 0 aromatic carbocycles. The van der Waals surface area contributed by atoms with Crippen LogP contribution >= 0.6 is 0 Å². The van der Waals surface area contributed by atoms with Gasteiger partial charge < -0.3 is 15.0 Å². The summed E-state index contributed by atoms with van der Waals surface area (Å²) in [7, 11) is 0. The van der Waals surface area contributed by atoms with E-state index < -0.39 is 0 Å². The van der Waals surface area contributed by atoms with Crippen molar-refractivity contribution in [3.63, 3.8) is 0 Å². The molecule has 5 nitrogen and oxygen atoms in total. The van der Waals surface area contributed by atoms with Crippen LogP contribution in [0.25, 0.3) is 0 Å². The predicted octanol–water partition coefficient (Wildman–Crippen LogP) is 2.65. The minimum Gasteiger partial charge on any atom is -0.378 e. The Labute approximate surface area is 128 Å². The summed E-state index contributed by atoms with van der Waals surface area (Å²) in [6.07, 6.45) is 1.65. The highest BCUT2D eigenvalue weighted by atomic mass is 16.5. The van der Waals surface area contributed by atoms with E-state index in [0.29, 0.717) is 17.8 Å². The fourth-order valence-electron chi connectivity index (χ4n) is 2.87. The molecule has 5 heteroatoms. The summed E-state index contributed by atoms with van der Waals surface area (Å²) in [5, 5.41) is 3.48. The molecule has 1 fully saturated rings. The van der Waals surface area contributed by atoms with Gasteiger partial charge in [0, 0.05) is 25.7 Å². The van der Waals surface area contributed by atoms with Gasteiger partial charge in [0.25, 0.3) is 0 Å². The van der Waals surface area contributed by atoms with Crippen molar-refractivity contribution in [1.82, 2.24) is 9.97 Å². The van der Waals surface area contributed by atoms with E-state index in [2.05, 4.69) is 47.9 Å². The van der Waals surface area contributed by atoms with Gasteiger partial charge in [-0.25, -0.2) is 9.97 Å². The number of anilines is 2. The molecule has 0 amide bonds. The number of aromatic nitrogens is 2. The number of hydrogen-bond acceptors (Lipinski definition) is 5. The predicted molar refractivity (Wildman–Crippen MR) is 86.7 cm³/mol. The van der Waals surface area contributed by atoms with E-state index in [-0.39, 0.29) is 0 Å². The highest BCUT2D eigenvalue weighted by Crippen LogP contribution is 2.22. The van der Waals surface area contributed by atoms with Gasteiger partial charge in [0.05, 0.1) is 13.2 Å². The number of ether oxygens (including phenoxy) is 1. The third kappa shape index (κ3) is 4.56. The summed E-state index contributed by atoms with van der Waals surface area (Å²) in [4.78, 5) is 11.0. The Morgan fingerprint density at radius 3 is 2.43 bits per heavy atom. The maximum atomic E-state index is 5.38. The Balaban J connectivity index is 1.97. The van der Waals surface area contributed by atoms with Crippen molar-refractivity contribution in [2.75, 3.05) is 43.1 Å². The van der Waals surface area contributed by atoms with Crippen molar-refractivity contribution >= 4 is 11.6 Å². The summed E-state index contributed by atoms with van der Waals surface area (Å²) in [5.74, 6) is 3.88. The second-order valence-electron chi connectivity index (χ2n) is 6.39. The smallest absolute Gasteiger partial charge is 0.134 e. The molecule has 1 N–H and O–H groups in total. The van der Waals surface area contributed by atoms with Crippen LogP contribution in [0.15, 0.2) is 12.4 Å². The van der Waals surface area contributed by atoms with E-state index in [0.717, 1.165) is 44.5 Å². The highest BCUT2D eigenvalue weighted by Gasteiger charge is 2.18. The zero-order chi connectivity index (χ0) is 15.2. The Hall–Kier alpha value is -1.36.